The first kappa shape index (κ1) is 16.2. The van der Waals surface area contributed by atoms with Crippen LogP contribution in [0.4, 0.5) is 10.1 Å². The molecule has 0 bridgehead atoms. The molecule has 0 aliphatic heterocycles. The Hall–Kier alpha value is -1.15. The molecule has 0 saturated heterocycles. The van der Waals surface area contributed by atoms with Gasteiger partial charge < -0.3 is 5.32 Å². The third-order valence-electron chi connectivity index (χ3n) is 2.71. The van der Waals surface area contributed by atoms with Crippen LogP contribution in [0.3, 0.4) is 0 Å². The SMILES string of the molecule is CNCc1scc(C)c1S(=O)(=O)Nc1cc(F)cc(Cl)c1. The molecule has 114 valence electrons. The summed E-state index contributed by atoms with van der Waals surface area (Å²) < 4.78 is 40.7. The monoisotopic (exact) mass is 348 g/mol. The predicted octanol–water partition coefficient (Wildman–Crippen LogP) is 3.37. The molecule has 0 aliphatic carbocycles. The van der Waals surface area contributed by atoms with Crippen LogP contribution in [0.15, 0.2) is 28.5 Å². The van der Waals surface area contributed by atoms with E-state index in [1.54, 1.807) is 19.4 Å². The number of hydrogen-bond donors (Lipinski definition) is 2. The Kier molecular flexibility index (Phi) is 4.88. The van der Waals surface area contributed by atoms with E-state index in [4.69, 9.17) is 11.6 Å². The maximum absolute atomic E-state index is 13.3. The Morgan fingerprint density at radius 1 is 1.33 bits per heavy atom. The van der Waals surface area contributed by atoms with Crippen LogP contribution in [0.2, 0.25) is 5.02 Å². The van der Waals surface area contributed by atoms with E-state index >= 15 is 0 Å². The van der Waals surface area contributed by atoms with Crippen LogP contribution in [0.1, 0.15) is 10.4 Å². The molecule has 0 aliphatic rings. The van der Waals surface area contributed by atoms with Crippen molar-refractivity contribution in [2.45, 2.75) is 18.4 Å². The topological polar surface area (TPSA) is 58.2 Å². The van der Waals surface area contributed by atoms with Crippen LogP contribution in [-0.4, -0.2) is 15.5 Å². The van der Waals surface area contributed by atoms with Crippen LogP contribution in [0, 0.1) is 12.7 Å². The zero-order valence-corrected chi connectivity index (χ0v) is 13.8. The smallest absolute Gasteiger partial charge is 0.263 e. The highest BCUT2D eigenvalue weighted by molar-refractivity contribution is 7.93. The second kappa shape index (κ2) is 6.31. The van der Waals surface area contributed by atoms with E-state index in [2.05, 4.69) is 10.0 Å². The van der Waals surface area contributed by atoms with Gasteiger partial charge in [0.25, 0.3) is 10.0 Å². The van der Waals surface area contributed by atoms with E-state index < -0.39 is 15.8 Å². The van der Waals surface area contributed by atoms with E-state index in [0.717, 1.165) is 12.1 Å². The molecule has 2 N–H and O–H groups in total. The molecule has 4 nitrogen and oxygen atoms in total. The molecule has 0 saturated carbocycles. The Bertz CT molecular complexity index is 739. The van der Waals surface area contributed by atoms with Gasteiger partial charge in [0, 0.05) is 16.4 Å². The molecule has 0 radical (unpaired) electrons. The number of halogens is 2. The minimum Gasteiger partial charge on any atom is -0.315 e. The average Bonchev–Trinajstić information content (AvgIpc) is 2.69. The number of hydrogen-bond acceptors (Lipinski definition) is 4. The van der Waals surface area contributed by atoms with Gasteiger partial charge in [0.05, 0.1) is 5.69 Å². The highest BCUT2D eigenvalue weighted by atomic mass is 35.5. The Morgan fingerprint density at radius 2 is 2.05 bits per heavy atom. The first-order valence-corrected chi connectivity index (χ1v) is 8.78. The van der Waals surface area contributed by atoms with Gasteiger partial charge in [-0.05, 0) is 43.1 Å². The van der Waals surface area contributed by atoms with Crippen LogP contribution in [0.5, 0.6) is 0 Å². The second-order valence-corrected chi connectivity index (χ2v) is 7.48. The normalized spacial score (nSPS) is 11.6. The van der Waals surface area contributed by atoms with Gasteiger partial charge in [0.15, 0.2) is 0 Å². The fourth-order valence-corrected chi connectivity index (χ4v) is 5.04. The summed E-state index contributed by atoms with van der Waals surface area (Å²) in [6.07, 6.45) is 0. The number of rotatable bonds is 5. The van der Waals surface area contributed by atoms with E-state index in [0.29, 0.717) is 17.0 Å². The molecule has 1 heterocycles. The largest absolute Gasteiger partial charge is 0.315 e. The molecule has 0 atom stereocenters. The first-order chi connectivity index (χ1) is 9.83. The lowest BCUT2D eigenvalue weighted by Gasteiger charge is -2.10. The molecule has 2 aromatic rings. The molecule has 0 unspecified atom stereocenters. The van der Waals surface area contributed by atoms with E-state index in [1.165, 1.54) is 17.4 Å². The lowest BCUT2D eigenvalue weighted by molar-refractivity contribution is 0.599. The molecular formula is C13H14ClFN2O2S2. The molecular weight excluding hydrogens is 335 g/mol. The van der Waals surface area contributed by atoms with Gasteiger partial charge in [-0.1, -0.05) is 11.6 Å². The van der Waals surface area contributed by atoms with Gasteiger partial charge in [0.2, 0.25) is 0 Å². The predicted molar refractivity (Wildman–Crippen MR) is 84.0 cm³/mol. The Balaban J connectivity index is 2.41. The first-order valence-electron chi connectivity index (χ1n) is 6.04. The van der Waals surface area contributed by atoms with Crippen molar-refractivity contribution in [2.24, 2.45) is 0 Å². The zero-order chi connectivity index (χ0) is 15.6. The lowest BCUT2D eigenvalue weighted by atomic mass is 10.3. The lowest BCUT2D eigenvalue weighted by Crippen LogP contribution is -2.16. The van der Waals surface area contributed by atoms with Crippen molar-refractivity contribution < 1.29 is 12.8 Å². The van der Waals surface area contributed by atoms with E-state index in [9.17, 15) is 12.8 Å². The van der Waals surface area contributed by atoms with Gasteiger partial charge in [-0.25, -0.2) is 12.8 Å². The van der Waals surface area contributed by atoms with Crippen molar-refractivity contribution in [1.29, 1.82) is 0 Å². The fraction of sp³-hybridized carbons (Fsp3) is 0.231. The minimum atomic E-state index is -3.79. The molecule has 8 heteroatoms. The third kappa shape index (κ3) is 3.74. The molecule has 1 aromatic heterocycles. The standard InChI is InChI=1S/C13H14ClFN2O2S2/c1-8-7-20-12(6-16-2)13(8)21(18,19)17-11-4-9(14)3-10(15)5-11/h3-5,7,16-17H,6H2,1-2H3. The molecule has 21 heavy (non-hydrogen) atoms. The Morgan fingerprint density at radius 3 is 2.67 bits per heavy atom. The number of anilines is 1. The summed E-state index contributed by atoms with van der Waals surface area (Å²) in [5, 5.41) is 4.84. The van der Waals surface area contributed by atoms with Crippen LogP contribution in [0.25, 0.3) is 0 Å². The molecule has 0 amide bonds. The molecule has 0 spiro atoms. The van der Waals surface area contributed by atoms with Crippen LogP contribution < -0.4 is 10.0 Å². The quantitative estimate of drug-likeness (QED) is 0.871. The fourth-order valence-electron chi connectivity index (χ4n) is 1.95. The number of benzene rings is 1. The van der Waals surface area contributed by atoms with Crippen molar-refractivity contribution in [3.05, 3.63) is 44.9 Å². The third-order valence-corrected chi connectivity index (χ3v) is 5.77. The van der Waals surface area contributed by atoms with Crippen LogP contribution >= 0.6 is 22.9 Å². The van der Waals surface area contributed by atoms with Crippen molar-refractivity contribution in [3.8, 4) is 0 Å². The van der Waals surface area contributed by atoms with Gasteiger partial charge in [-0.2, -0.15) is 0 Å². The molecule has 2 rings (SSSR count). The van der Waals surface area contributed by atoms with Gasteiger partial charge in [0.1, 0.15) is 10.7 Å². The summed E-state index contributed by atoms with van der Waals surface area (Å²) >= 11 is 7.10. The van der Waals surface area contributed by atoms with Crippen LogP contribution in [-0.2, 0) is 16.6 Å². The van der Waals surface area contributed by atoms with Crippen molar-refractivity contribution in [2.75, 3.05) is 11.8 Å². The highest BCUT2D eigenvalue weighted by Gasteiger charge is 2.23. The van der Waals surface area contributed by atoms with E-state index in [1.807, 2.05) is 0 Å². The average molecular weight is 349 g/mol. The summed E-state index contributed by atoms with van der Waals surface area (Å²) in [5.41, 5.74) is 0.751. The van der Waals surface area contributed by atoms with Crippen molar-refractivity contribution in [3.63, 3.8) is 0 Å². The summed E-state index contributed by atoms with van der Waals surface area (Å²) in [6, 6.07) is 3.56. The van der Waals surface area contributed by atoms with Gasteiger partial charge >= 0.3 is 0 Å². The number of nitrogens with one attached hydrogen (secondary N) is 2. The summed E-state index contributed by atoms with van der Waals surface area (Å²) in [6.45, 7) is 2.17. The Labute approximate surface area is 132 Å². The van der Waals surface area contributed by atoms with Gasteiger partial charge in [-0.15, -0.1) is 11.3 Å². The summed E-state index contributed by atoms with van der Waals surface area (Å²) in [7, 11) is -2.05. The van der Waals surface area contributed by atoms with E-state index in [-0.39, 0.29) is 15.6 Å². The van der Waals surface area contributed by atoms with Crippen molar-refractivity contribution in [1.82, 2.24) is 5.32 Å². The maximum atomic E-state index is 13.3. The molecule has 1 aromatic carbocycles. The number of sulfonamides is 1. The number of aryl methyl sites for hydroxylation is 1. The number of thiophene rings is 1. The zero-order valence-electron chi connectivity index (χ0n) is 11.4. The molecule has 0 fully saturated rings. The van der Waals surface area contributed by atoms with Crippen molar-refractivity contribution >= 4 is 38.6 Å². The summed E-state index contributed by atoms with van der Waals surface area (Å²) in [5.74, 6) is -0.599. The minimum absolute atomic E-state index is 0.0982. The second-order valence-electron chi connectivity index (χ2n) is 4.46. The maximum Gasteiger partial charge on any atom is 0.263 e. The van der Waals surface area contributed by atoms with Gasteiger partial charge in [-0.3, -0.25) is 4.72 Å². The summed E-state index contributed by atoms with van der Waals surface area (Å²) in [4.78, 5) is 0.923. The highest BCUT2D eigenvalue weighted by Crippen LogP contribution is 2.29.